The van der Waals surface area contributed by atoms with Crippen LogP contribution in [-0.2, 0) is 4.74 Å². The highest BCUT2D eigenvalue weighted by Gasteiger charge is 2.29. The topological polar surface area (TPSA) is 158 Å². The molecule has 1 aromatic carbocycles. The molecule has 0 fully saturated rings. The van der Waals surface area contributed by atoms with Crippen molar-refractivity contribution in [1.82, 2.24) is 0 Å². The summed E-state index contributed by atoms with van der Waals surface area (Å²) in [7, 11) is 3.26. The van der Waals surface area contributed by atoms with Gasteiger partial charge in [0, 0.05) is 25.7 Å². The van der Waals surface area contributed by atoms with E-state index in [2.05, 4.69) is 5.32 Å². The number of nitro groups is 1. The fraction of sp³-hybridized carbons (Fsp3) is 0.278. The van der Waals surface area contributed by atoms with Gasteiger partial charge in [-0.2, -0.15) is 0 Å². The average Bonchev–Trinajstić information content (AvgIpc) is 2.97. The minimum atomic E-state index is -1.01. The number of anilines is 2. The van der Waals surface area contributed by atoms with E-state index < -0.39 is 22.7 Å². The molecule has 2 rings (SSSR count). The van der Waals surface area contributed by atoms with Crippen molar-refractivity contribution in [2.45, 2.75) is 13.8 Å². The number of hydrogen-bond donors (Lipinski definition) is 2. The fourth-order valence-electron chi connectivity index (χ4n) is 2.68. The van der Waals surface area contributed by atoms with Gasteiger partial charge >= 0.3 is 5.97 Å². The Morgan fingerprint density at radius 2 is 1.93 bits per heavy atom. The Balaban J connectivity index is 2.45. The third-order valence-corrected chi connectivity index (χ3v) is 3.95. The summed E-state index contributed by atoms with van der Waals surface area (Å²) >= 11 is 0. The molecule has 0 aliphatic rings. The largest absolute Gasteiger partial charge is 0.462 e. The summed E-state index contributed by atoms with van der Waals surface area (Å²) in [6.45, 7) is 3.06. The first-order valence-electron chi connectivity index (χ1n) is 8.45. The molecule has 29 heavy (non-hydrogen) atoms. The number of benzene rings is 1. The Labute approximate surface area is 165 Å². The second-order valence-corrected chi connectivity index (χ2v) is 6.13. The number of amides is 2. The highest BCUT2D eigenvalue weighted by molar-refractivity contribution is 6.12. The van der Waals surface area contributed by atoms with Gasteiger partial charge in [0.1, 0.15) is 22.6 Å². The maximum Gasteiger partial charge on any atom is 0.342 e. The Morgan fingerprint density at radius 3 is 2.45 bits per heavy atom. The third-order valence-electron chi connectivity index (χ3n) is 3.95. The predicted octanol–water partition coefficient (Wildman–Crippen LogP) is 2.09. The van der Waals surface area contributed by atoms with Gasteiger partial charge in [-0.1, -0.05) is 0 Å². The number of nitrogens with two attached hydrogens (primary N) is 1. The third kappa shape index (κ3) is 4.34. The van der Waals surface area contributed by atoms with Crippen molar-refractivity contribution in [3.63, 3.8) is 0 Å². The van der Waals surface area contributed by atoms with Crippen LogP contribution in [0.4, 0.5) is 17.3 Å². The predicted molar refractivity (Wildman–Crippen MR) is 103 cm³/mol. The van der Waals surface area contributed by atoms with Crippen LogP contribution in [0.2, 0.25) is 0 Å². The van der Waals surface area contributed by atoms with Gasteiger partial charge in [0.2, 0.25) is 5.88 Å². The lowest BCUT2D eigenvalue weighted by Gasteiger charge is -2.13. The average molecular weight is 404 g/mol. The van der Waals surface area contributed by atoms with Crippen LogP contribution < -0.4 is 16.0 Å². The fourth-order valence-corrected chi connectivity index (χ4v) is 2.68. The van der Waals surface area contributed by atoms with Crippen LogP contribution in [-0.4, -0.2) is 43.4 Å². The second-order valence-electron chi connectivity index (χ2n) is 6.13. The Kier molecular flexibility index (Phi) is 6.22. The Hall–Kier alpha value is -3.89. The number of aryl methyl sites for hydroxylation is 1. The summed E-state index contributed by atoms with van der Waals surface area (Å²) in [4.78, 5) is 48.8. The smallest absolute Gasteiger partial charge is 0.342 e. The van der Waals surface area contributed by atoms with E-state index in [1.807, 2.05) is 0 Å². The number of carbonyl (C=O) groups is 3. The summed E-state index contributed by atoms with van der Waals surface area (Å²) in [5.41, 5.74) is 4.79. The van der Waals surface area contributed by atoms with Gasteiger partial charge < -0.3 is 19.8 Å². The van der Waals surface area contributed by atoms with E-state index in [1.165, 1.54) is 24.0 Å². The molecule has 0 unspecified atom stereocenters. The molecule has 2 amide bonds. The number of nitrogens with one attached hydrogen (secondary N) is 1. The van der Waals surface area contributed by atoms with Gasteiger partial charge in [-0.3, -0.25) is 25.0 Å². The van der Waals surface area contributed by atoms with E-state index >= 15 is 0 Å². The zero-order chi connectivity index (χ0) is 21.9. The minimum absolute atomic E-state index is 0.0292. The monoisotopic (exact) mass is 404 g/mol. The van der Waals surface area contributed by atoms with Crippen LogP contribution in [0.1, 0.15) is 43.8 Å². The molecule has 0 aliphatic heterocycles. The summed E-state index contributed by atoms with van der Waals surface area (Å²) < 4.78 is 10.2. The Bertz CT molecular complexity index is 994. The number of ether oxygens (including phenoxy) is 1. The van der Waals surface area contributed by atoms with Crippen molar-refractivity contribution in [1.29, 1.82) is 0 Å². The molecule has 0 saturated heterocycles. The zero-order valence-electron chi connectivity index (χ0n) is 16.3. The highest BCUT2D eigenvalue weighted by Crippen LogP contribution is 2.30. The number of nitro benzene ring substituents is 1. The second kappa shape index (κ2) is 8.42. The number of hydrogen-bond acceptors (Lipinski definition) is 8. The van der Waals surface area contributed by atoms with Crippen molar-refractivity contribution < 1.29 is 28.5 Å². The molecule has 154 valence electrons. The number of rotatable bonds is 7. The summed E-state index contributed by atoms with van der Waals surface area (Å²) in [6, 6.07) is 3.89. The van der Waals surface area contributed by atoms with Crippen LogP contribution in [0.15, 0.2) is 22.6 Å². The highest BCUT2D eigenvalue weighted by atomic mass is 16.6. The molecular weight excluding hydrogens is 384 g/mol. The molecule has 11 nitrogen and oxygen atoms in total. The van der Waals surface area contributed by atoms with E-state index in [0.717, 1.165) is 6.07 Å². The molecular formula is C18H20N4O7. The van der Waals surface area contributed by atoms with Crippen LogP contribution in [0.25, 0.3) is 0 Å². The van der Waals surface area contributed by atoms with Gasteiger partial charge in [0.25, 0.3) is 17.5 Å². The first-order valence-corrected chi connectivity index (χ1v) is 8.45. The maximum atomic E-state index is 12.6. The summed E-state index contributed by atoms with van der Waals surface area (Å²) in [5, 5.41) is 13.6. The van der Waals surface area contributed by atoms with Crippen molar-refractivity contribution in [2.75, 3.05) is 30.9 Å². The molecule has 3 N–H and O–H groups in total. The maximum absolute atomic E-state index is 12.6. The molecule has 1 heterocycles. The molecule has 0 aliphatic carbocycles. The van der Waals surface area contributed by atoms with Gasteiger partial charge in [0.15, 0.2) is 0 Å². The molecule has 0 atom stereocenters. The van der Waals surface area contributed by atoms with Crippen molar-refractivity contribution >= 4 is 35.0 Å². The molecule has 2 aromatic rings. The SMILES string of the molecule is CCOC(=O)c1c(C)oc(NC(=O)c2ccc(N(C)C)c([N+](=O)[O-])c2)c1C(N)=O. The first kappa shape index (κ1) is 21.4. The quantitative estimate of drug-likeness (QED) is 0.403. The van der Waals surface area contributed by atoms with Gasteiger partial charge in [-0.15, -0.1) is 0 Å². The lowest BCUT2D eigenvalue weighted by molar-refractivity contribution is -0.384. The number of nitrogens with zero attached hydrogens (tertiary/aromatic N) is 2. The number of carbonyl (C=O) groups excluding carboxylic acids is 3. The van der Waals surface area contributed by atoms with Crippen LogP contribution in [0, 0.1) is 17.0 Å². The zero-order valence-corrected chi connectivity index (χ0v) is 16.3. The van der Waals surface area contributed by atoms with E-state index in [0.29, 0.717) is 5.69 Å². The standard InChI is InChI=1S/C18H20N4O7/c1-5-28-18(25)13-9(2)29-17(14(13)15(19)23)20-16(24)10-6-7-11(21(3)4)12(8-10)22(26)27/h6-8H,5H2,1-4H3,(H2,19,23)(H,20,24). The number of esters is 1. The van der Waals surface area contributed by atoms with Crippen molar-refractivity contribution in [2.24, 2.45) is 5.73 Å². The summed E-state index contributed by atoms with van der Waals surface area (Å²) in [6.07, 6.45) is 0. The van der Waals surface area contributed by atoms with Gasteiger partial charge in [-0.25, -0.2) is 4.79 Å². The van der Waals surface area contributed by atoms with Gasteiger partial charge in [0.05, 0.1) is 11.5 Å². The molecule has 0 bridgehead atoms. The van der Waals surface area contributed by atoms with E-state index in [4.69, 9.17) is 14.9 Å². The minimum Gasteiger partial charge on any atom is -0.462 e. The molecule has 0 spiro atoms. The lowest BCUT2D eigenvalue weighted by atomic mass is 10.1. The normalized spacial score (nSPS) is 10.3. The van der Waals surface area contributed by atoms with Gasteiger partial charge in [-0.05, 0) is 26.0 Å². The number of primary amides is 1. The van der Waals surface area contributed by atoms with Crippen LogP contribution >= 0.6 is 0 Å². The van der Waals surface area contributed by atoms with Crippen molar-refractivity contribution in [3.05, 3.63) is 50.8 Å². The molecule has 1 aromatic heterocycles. The van der Waals surface area contributed by atoms with E-state index in [-0.39, 0.29) is 40.6 Å². The summed E-state index contributed by atoms with van der Waals surface area (Å²) in [5.74, 6) is -2.93. The van der Waals surface area contributed by atoms with E-state index in [9.17, 15) is 24.5 Å². The Morgan fingerprint density at radius 1 is 1.28 bits per heavy atom. The first-order chi connectivity index (χ1) is 13.6. The number of furan rings is 1. The van der Waals surface area contributed by atoms with Crippen molar-refractivity contribution in [3.8, 4) is 0 Å². The van der Waals surface area contributed by atoms with Crippen LogP contribution in [0.5, 0.6) is 0 Å². The van der Waals surface area contributed by atoms with E-state index in [1.54, 1.807) is 21.0 Å². The molecule has 11 heteroatoms. The molecule has 0 saturated carbocycles. The molecule has 0 radical (unpaired) electrons. The van der Waals surface area contributed by atoms with Crippen LogP contribution in [0.3, 0.4) is 0 Å². The lowest BCUT2D eigenvalue weighted by Crippen LogP contribution is -2.20.